The molecule has 1 rings (SSSR count). The Morgan fingerprint density at radius 3 is 2.41 bits per heavy atom. The standard InChI is InChI=1S/C9H6Cl3N5/c10-4-1-6(12)7(2-5(4)11)16-17-8(3-13)9(14)15/h1-2,16H,(H3,14,15)/b17-8+. The summed E-state index contributed by atoms with van der Waals surface area (Å²) in [7, 11) is 0. The molecule has 0 fully saturated rings. The fraction of sp³-hybridized carbons (Fsp3) is 0. The second-order valence-electron chi connectivity index (χ2n) is 2.84. The number of nitrogens with zero attached hydrogens (tertiary/aromatic N) is 2. The lowest BCUT2D eigenvalue weighted by molar-refractivity contribution is 1.33. The molecule has 5 nitrogen and oxygen atoms in total. The van der Waals surface area contributed by atoms with Crippen LogP contribution in [0.3, 0.4) is 0 Å². The first kappa shape index (κ1) is 13.6. The molecule has 0 aliphatic heterocycles. The van der Waals surface area contributed by atoms with Gasteiger partial charge in [0.05, 0.1) is 20.8 Å². The van der Waals surface area contributed by atoms with E-state index in [1.165, 1.54) is 12.1 Å². The van der Waals surface area contributed by atoms with Gasteiger partial charge in [-0.15, -0.1) is 0 Å². The van der Waals surface area contributed by atoms with Crippen LogP contribution in [0.25, 0.3) is 0 Å². The molecule has 0 unspecified atom stereocenters. The Kier molecular flexibility index (Phi) is 4.58. The van der Waals surface area contributed by atoms with Gasteiger partial charge in [0.15, 0.2) is 5.84 Å². The van der Waals surface area contributed by atoms with Crippen molar-refractivity contribution in [2.24, 2.45) is 10.8 Å². The minimum atomic E-state index is -0.448. The Morgan fingerprint density at radius 2 is 1.88 bits per heavy atom. The molecule has 1 aromatic carbocycles. The second kappa shape index (κ2) is 5.73. The third kappa shape index (κ3) is 3.49. The fourth-order valence-corrected chi connectivity index (χ4v) is 1.46. The van der Waals surface area contributed by atoms with Crippen LogP contribution >= 0.6 is 34.8 Å². The molecule has 1 aromatic rings. The van der Waals surface area contributed by atoms with Gasteiger partial charge in [0.1, 0.15) is 6.07 Å². The van der Waals surface area contributed by atoms with Crippen molar-refractivity contribution in [3.05, 3.63) is 27.2 Å². The van der Waals surface area contributed by atoms with Gasteiger partial charge in [-0.1, -0.05) is 34.8 Å². The molecule has 0 aromatic heterocycles. The van der Waals surface area contributed by atoms with Crippen molar-refractivity contribution in [1.29, 1.82) is 10.7 Å². The SMILES string of the molecule is N#C/C(=N\Nc1cc(Cl)c(Cl)cc1Cl)C(=N)N. The molecule has 88 valence electrons. The number of hydrazone groups is 1. The summed E-state index contributed by atoms with van der Waals surface area (Å²) in [5.41, 5.74) is 7.70. The summed E-state index contributed by atoms with van der Waals surface area (Å²) in [6.45, 7) is 0. The van der Waals surface area contributed by atoms with E-state index in [0.29, 0.717) is 10.7 Å². The highest BCUT2D eigenvalue weighted by molar-refractivity contribution is 6.46. The quantitative estimate of drug-likeness (QED) is 0.345. The van der Waals surface area contributed by atoms with Gasteiger partial charge in [0.25, 0.3) is 0 Å². The Hall–Kier alpha value is -1.48. The zero-order valence-corrected chi connectivity index (χ0v) is 10.5. The van der Waals surface area contributed by atoms with E-state index < -0.39 is 5.84 Å². The first-order chi connectivity index (χ1) is 7.95. The molecule has 8 heteroatoms. The van der Waals surface area contributed by atoms with Crippen LogP contribution in [0.15, 0.2) is 17.2 Å². The third-order valence-electron chi connectivity index (χ3n) is 1.66. The van der Waals surface area contributed by atoms with Crippen LogP contribution in [0.4, 0.5) is 5.69 Å². The van der Waals surface area contributed by atoms with Crippen molar-refractivity contribution >= 4 is 52.0 Å². The van der Waals surface area contributed by atoms with Gasteiger partial charge in [0, 0.05) is 0 Å². The van der Waals surface area contributed by atoms with E-state index in [2.05, 4.69) is 10.5 Å². The predicted octanol–water partition coefficient (Wildman–Crippen LogP) is 2.87. The highest BCUT2D eigenvalue weighted by Crippen LogP contribution is 2.32. The molecular weight excluding hydrogens is 284 g/mol. The molecule has 0 saturated carbocycles. The summed E-state index contributed by atoms with van der Waals surface area (Å²) < 4.78 is 0. The number of benzene rings is 1. The molecule has 0 spiro atoms. The number of nitriles is 1. The number of nitrogens with one attached hydrogen (secondary N) is 2. The maximum absolute atomic E-state index is 8.62. The van der Waals surface area contributed by atoms with Crippen molar-refractivity contribution in [3.63, 3.8) is 0 Å². The smallest absolute Gasteiger partial charge is 0.201 e. The van der Waals surface area contributed by atoms with E-state index in [0.717, 1.165) is 0 Å². The first-order valence-electron chi connectivity index (χ1n) is 4.18. The van der Waals surface area contributed by atoms with Gasteiger partial charge in [-0.3, -0.25) is 10.8 Å². The highest BCUT2D eigenvalue weighted by Gasteiger charge is 2.06. The molecule has 0 atom stereocenters. The van der Waals surface area contributed by atoms with Gasteiger partial charge < -0.3 is 5.73 Å². The Morgan fingerprint density at radius 1 is 1.29 bits per heavy atom. The lowest BCUT2D eigenvalue weighted by atomic mass is 10.3. The number of anilines is 1. The van der Waals surface area contributed by atoms with Gasteiger partial charge in [-0.2, -0.15) is 10.4 Å². The summed E-state index contributed by atoms with van der Waals surface area (Å²) in [4.78, 5) is 0. The number of rotatable bonds is 3. The highest BCUT2D eigenvalue weighted by atomic mass is 35.5. The normalized spacial score (nSPS) is 10.8. The molecule has 17 heavy (non-hydrogen) atoms. The van der Waals surface area contributed by atoms with Gasteiger partial charge in [-0.25, -0.2) is 0 Å². The van der Waals surface area contributed by atoms with Gasteiger partial charge in [0.2, 0.25) is 5.71 Å². The largest absolute Gasteiger partial charge is 0.382 e. The Bertz CT molecular complexity index is 532. The molecule has 0 saturated heterocycles. The lowest BCUT2D eigenvalue weighted by Gasteiger charge is -2.05. The minimum Gasteiger partial charge on any atom is -0.382 e. The van der Waals surface area contributed by atoms with E-state index in [4.69, 9.17) is 51.2 Å². The van der Waals surface area contributed by atoms with E-state index >= 15 is 0 Å². The molecule has 0 heterocycles. The van der Waals surface area contributed by atoms with Crippen LogP contribution in [0.1, 0.15) is 0 Å². The topological polar surface area (TPSA) is 98.0 Å². The molecule has 0 amide bonds. The number of halogens is 3. The number of amidine groups is 1. The molecule has 4 N–H and O–H groups in total. The second-order valence-corrected chi connectivity index (χ2v) is 4.07. The van der Waals surface area contributed by atoms with E-state index in [1.807, 2.05) is 0 Å². The zero-order chi connectivity index (χ0) is 13.0. The number of hydrogen-bond acceptors (Lipinski definition) is 4. The average molecular weight is 291 g/mol. The molecule has 0 aliphatic rings. The van der Waals surface area contributed by atoms with Crippen LogP contribution in [0.5, 0.6) is 0 Å². The van der Waals surface area contributed by atoms with Crippen LogP contribution in [0.2, 0.25) is 15.1 Å². The first-order valence-corrected chi connectivity index (χ1v) is 5.32. The summed E-state index contributed by atoms with van der Waals surface area (Å²) in [5, 5.41) is 20.2. The summed E-state index contributed by atoms with van der Waals surface area (Å²) >= 11 is 17.4. The van der Waals surface area contributed by atoms with E-state index in [1.54, 1.807) is 6.07 Å². The molecular formula is C9H6Cl3N5. The average Bonchev–Trinajstić information content (AvgIpc) is 2.25. The van der Waals surface area contributed by atoms with Gasteiger partial charge >= 0.3 is 0 Å². The van der Waals surface area contributed by atoms with Crippen molar-refractivity contribution in [2.75, 3.05) is 5.43 Å². The monoisotopic (exact) mass is 289 g/mol. The molecule has 0 aliphatic carbocycles. The zero-order valence-electron chi connectivity index (χ0n) is 8.26. The third-order valence-corrected chi connectivity index (χ3v) is 2.69. The number of nitrogens with two attached hydrogens (primary N) is 1. The summed E-state index contributed by atoms with van der Waals surface area (Å²) in [6, 6.07) is 4.54. The van der Waals surface area contributed by atoms with Crippen LogP contribution in [-0.2, 0) is 0 Å². The Labute approximate surface area is 112 Å². The lowest BCUT2D eigenvalue weighted by Crippen LogP contribution is -2.21. The van der Waals surface area contributed by atoms with Crippen molar-refractivity contribution in [1.82, 2.24) is 0 Å². The maximum atomic E-state index is 8.62. The number of hydrogen-bond donors (Lipinski definition) is 3. The van der Waals surface area contributed by atoms with Gasteiger partial charge in [-0.05, 0) is 12.1 Å². The molecule has 0 bridgehead atoms. The van der Waals surface area contributed by atoms with E-state index in [-0.39, 0.29) is 15.8 Å². The van der Waals surface area contributed by atoms with E-state index in [9.17, 15) is 0 Å². The van der Waals surface area contributed by atoms with Crippen LogP contribution in [0, 0.1) is 16.7 Å². The fourth-order valence-electron chi connectivity index (χ4n) is 0.870. The minimum absolute atomic E-state index is 0.257. The summed E-state index contributed by atoms with van der Waals surface area (Å²) in [5.74, 6) is -0.448. The van der Waals surface area contributed by atoms with Crippen LogP contribution < -0.4 is 11.2 Å². The van der Waals surface area contributed by atoms with Crippen molar-refractivity contribution in [3.8, 4) is 6.07 Å². The molecule has 0 radical (unpaired) electrons. The maximum Gasteiger partial charge on any atom is 0.201 e. The van der Waals surface area contributed by atoms with Crippen molar-refractivity contribution in [2.45, 2.75) is 0 Å². The van der Waals surface area contributed by atoms with Crippen molar-refractivity contribution < 1.29 is 0 Å². The predicted molar refractivity (Wildman–Crippen MR) is 70.1 cm³/mol. The summed E-state index contributed by atoms with van der Waals surface area (Å²) in [6.07, 6.45) is 0. The Balaban J connectivity index is 3.01. The van der Waals surface area contributed by atoms with Crippen LogP contribution in [-0.4, -0.2) is 11.5 Å².